The Morgan fingerprint density at radius 2 is 1.88 bits per heavy atom. The van der Waals surface area contributed by atoms with Crippen molar-refractivity contribution >= 4 is 45.9 Å². The number of hydrogen-bond donors (Lipinski definition) is 3. The van der Waals surface area contributed by atoms with Crippen LogP contribution < -0.4 is 16.8 Å². The molecule has 3 atom stereocenters. The van der Waals surface area contributed by atoms with E-state index in [9.17, 15) is 14.4 Å². The summed E-state index contributed by atoms with van der Waals surface area (Å²) in [5.74, 6) is 0.0571. The molecule has 1 aromatic heterocycles. The molecule has 0 spiro atoms. The molecule has 3 unspecified atom stereocenters. The quantitative estimate of drug-likeness (QED) is 0.358. The van der Waals surface area contributed by atoms with Gasteiger partial charge in [0.1, 0.15) is 11.9 Å². The average molecular weight is 577 g/mol. The normalized spacial score (nSPS) is 19.5. The minimum absolute atomic E-state index is 0.0354. The maximum absolute atomic E-state index is 13.6. The van der Waals surface area contributed by atoms with Crippen molar-refractivity contribution in [1.29, 1.82) is 0 Å². The molecule has 2 saturated heterocycles. The van der Waals surface area contributed by atoms with E-state index in [0.29, 0.717) is 36.8 Å². The minimum atomic E-state index is -0.846. The zero-order valence-corrected chi connectivity index (χ0v) is 23.9. The van der Waals surface area contributed by atoms with Crippen LogP contribution >= 0.6 is 11.6 Å². The maximum atomic E-state index is 13.6. The zero-order valence-electron chi connectivity index (χ0n) is 23.1. The third-order valence-electron chi connectivity index (χ3n) is 8.16. The second-order valence-corrected chi connectivity index (χ2v) is 11.6. The summed E-state index contributed by atoms with van der Waals surface area (Å²) in [7, 11) is 0. The highest BCUT2D eigenvalue weighted by Crippen LogP contribution is 2.29. The van der Waals surface area contributed by atoms with Gasteiger partial charge in [0.25, 0.3) is 0 Å². The van der Waals surface area contributed by atoms with E-state index in [-0.39, 0.29) is 36.5 Å². The second-order valence-electron chi connectivity index (χ2n) is 11.1. The fraction of sp³-hybridized carbons (Fsp3) is 0.419. The summed E-state index contributed by atoms with van der Waals surface area (Å²) in [6.45, 7) is 2.26. The smallest absolute Gasteiger partial charge is 0.243 e. The number of halogens is 1. The van der Waals surface area contributed by atoms with Crippen LogP contribution in [0.1, 0.15) is 43.2 Å². The van der Waals surface area contributed by atoms with Gasteiger partial charge in [-0.3, -0.25) is 14.4 Å². The van der Waals surface area contributed by atoms with Gasteiger partial charge in [-0.15, -0.1) is 0 Å². The number of carbonyl (C=O) groups excluding carboxylic acids is 3. The number of benzene rings is 2. The zero-order chi connectivity index (χ0) is 28.9. The highest BCUT2D eigenvalue weighted by Gasteiger charge is 2.41. The summed E-state index contributed by atoms with van der Waals surface area (Å²) in [4.78, 5) is 47.2. The van der Waals surface area contributed by atoms with Crippen LogP contribution in [0.2, 0.25) is 5.02 Å². The number of nitrogens with two attached hydrogens (primary N) is 2. The van der Waals surface area contributed by atoms with Gasteiger partial charge >= 0.3 is 0 Å². The maximum Gasteiger partial charge on any atom is 0.243 e. The highest BCUT2D eigenvalue weighted by molar-refractivity contribution is 6.30. The second kappa shape index (κ2) is 12.9. The number of amides is 3. The molecule has 3 amide bonds. The van der Waals surface area contributed by atoms with Crippen LogP contribution in [0.15, 0.2) is 54.7 Å². The number of carbonyl (C=O) groups is 3. The first-order valence-electron chi connectivity index (χ1n) is 14.3. The van der Waals surface area contributed by atoms with Gasteiger partial charge in [0, 0.05) is 49.2 Å². The molecule has 2 aliphatic heterocycles. The molecule has 5 rings (SSSR count). The summed E-state index contributed by atoms with van der Waals surface area (Å²) >= 11 is 6.20. The molecule has 9 nitrogen and oxygen atoms in total. The third kappa shape index (κ3) is 6.97. The Balaban J connectivity index is 1.26. The van der Waals surface area contributed by atoms with Gasteiger partial charge in [-0.2, -0.15) is 0 Å². The fourth-order valence-corrected chi connectivity index (χ4v) is 6.18. The topological polar surface area (TPSA) is 135 Å². The Hall–Kier alpha value is -3.69. The first-order chi connectivity index (χ1) is 19.8. The molecule has 2 fully saturated rings. The summed E-state index contributed by atoms with van der Waals surface area (Å²) in [6, 6.07) is 13.8. The molecule has 0 aliphatic carbocycles. The Kier molecular flexibility index (Phi) is 9.05. The average Bonchev–Trinajstić information content (AvgIpc) is 3.65. The first kappa shape index (κ1) is 28.8. The number of nitrogens with zero attached hydrogens (tertiary/aromatic N) is 3. The molecule has 0 saturated carbocycles. The lowest BCUT2D eigenvalue weighted by molar-refractivity contribution is -0.140. The van der Waals surface area contributed by atoms with E-state index in [1.54, 1.807) is 11.1 Å². The standard InChI is InChI=1S/C31H37ClN6O3/c32-24-5-3-4-20(16-24)14-22-17-27(30(40)36-18-21-6-7-25-23(15-21)10-11-35-29(25)34)38(19-22)31(41)26(33)8-9-28(39)37-12-1-2-13-37/h3-7,10-11,15-16,22,26-27H,1-2,8-9,12-14,17-19,33H2,(H2,34,35)(H,36,40). The van der Waals surface area contributed by atoms with Crippen molar-refractivity contribution in [1.82, 2.24) is 20.1 Å². The van der Waals surface area contributed by atoms with E-state index >= 15 is 0 Å². The van der Waals surface area contributed by atoms with Gasteiger partial charge < -0.3 is 26.6 Å². The number of hydrogen-bond acceptors (Lipinski definition) is 6. The van der Waals surface area contributed by atoms with Crippen LogP contribution in [-0.2, 0) is 27.3 Å². The molecule has 3 heterocycles. The number of fused-ring (bicyclic) bond motifs is 1. The largest absolute Gasteiger partial charge is 0.383 e. The van der Waals surface area contributed by atoms with Crippen molar-refractivity contribution < 1.29 is 14.4 Å². The van der Waals surface area contributed by atoms with Gasteiger partial charge in [-0.25, -0.2) is 4.98 Å². The molecule has 41 heavy (non-hydrogen) atoms. The molecular formula is C31H37ClN6O3. The lowest BCUT2D eigenvalue weighted by atomic mass is 9.96. The van der Waals surface area contributed by atoms with Crippen molar-refractivity contribution in [3.8, 4) is 0 Å². The van der Waals surface area contributed by atoms with Crippen molar-refractivity contribution in [2.75, 3.05) is 25.4 Å². The predicted octanol–water partition coefficient (Wildman–Crippen LogP) is 3.28. The molecule has 216 valence electrons. The van der Waals surface area contributed by atoms with Crippen LogP contribution in [0.25, 0.3) is 10.8 Å². The first-order valence-corrected chi connectivity index (χ1v) is 14.7. The third-order valence-corrected chi connectivity index (χ3v) is 8.39. The number of rotatable bonds is 9. The Labute approximate surface area is 245 Å². The van der Waals surface area contributed by atoms with Crippen LogP contribution in [0.5, 0.6) is 0 Å². The van der Waals surface area contributed by atoms with E-state index in [4.69, 9.17) is 23.1 Å². The lowest BCUT2D eigenvalue weighted by Crippen LogP contribution is -2.51. The highest BCUT2D eigenvalue weighted by atomic mass is 35.5. The van der Waals surface area contributed by atoms with Crippen LogP contribution in [0.4, 0.5) is 5.82 Å². The van der Waals surface area contributed by atoms with E-state index < -0.39 is 12.1 Å². The summed E-state index contributed by atoms with van der Waals surface area (Å²) in [5, 5.41) is 5.48. The molecule has 2 aliphatic rings. The fourth-order valence-electron chi connectivity index (χ4n) is 5.97. The number of anilines is 1. The Morgan fingerprint density at radius 3 is 2.66 bits per heavy atom. The van der Waals surface area contributed by atoms with E-state index in [1.165, 1.54) is 0 Å². The van der Waals surface area contributed by atoms with Crippen molar-refractivity contribution in [3.63, 3.8) is 0 Å². The monoisotopic (exact) mass is 576 g/mol. The van der Waals surface area contributed by atoms with Gasteiger partial charge in [0.2, 0.25) is 17.7 Å². The molecular weight excluding hydrogens is 540 g/mol. The molecule has 0 bridgehead atoms. The minimum Gasteiger partial charge on any atom is -0.383 e. The molecule has 10 heteroatoms. The van der Waals surface area contributed by atoms with Crippen molar-refractivity contribution in [2.45, 2.75) is 57.2 Å². The number of likely N-dealkylation sites (tertiary alicyclic amines) is 2. The Bertz CT molecular complexity index is 1430. The molecule has 0 radical (unpaired) electrons. The van der Waals surface area contributed by atoms with Gasteiger partial charge in [-0.05, 0) is 78.8 Å². The van der Waals surface area contributed by atoms with Gasteiger partial charge in [0.15, 0.2) is 0 Å². The predicted molar refractivity (Wildman–Crippen MR) is 160 cm³/mol. The summed E-state index contributed by atoms with van der Waals surface area (Å²) in [6.07, 6.45) is 5.38. The van der Waals surface area contributed by atoms with Crippen molar-refractivity contribution in [2.24, 2.45) is 11.7 Å². The Morgan fingerprint density at radius 1 is 1.07 bits per heavy atom. The summed E-state index contributed by atoms with van der Waals surface area (Å²) in [5.41, 5.74) is 14.3. The lowest BCUT2D eigenvalue weighted by Gasteiger charge is -2.27. The molecule has 3 aromatic rings. The van der Waals surface area contributed by atoms with Crippen LogP contribution in [-0.4, -0.2) is 64.2 Å². The molecule has 2 aromatic carbocycles. The van der Waals surface area contributed by atoms with E-state index in [1.807, 2.05) is 53.4 Å². The SMILES string of the molecule is Nc1nccc2cc(CNC(=O)C3CC(Cc4cccc(Cl)c4)CN3C(=O)C(N)CCC(=O)N3CCCC3)ccc12. The number of nitrogen functional groups attached to an aromatic ring is 1. The number of aromatic nitrogens is 1. The number of pyridine rings is 1. The van der Waals surface area contributed by atoms with E-state index in [0.717, 1.165) is 47.8 Å². The van der Waals surface area contributed by atoms with Crippen LogP contribution in [0.3, 0.4) is 0 Å². The van der Waals surface area contributed by atoms with Gasteiger partial charge in [-0.1, -0.05) is 35.9 Å². The summed E-state index contributed by atoms with van der Waals surface area (Å²) < 4.78 is 0. The van der Waals surface area contributed by atoms with Gasteiger partial charge in [0.05, 0.1) is 6.04 Å². The molecule has 5 N–H and O–H groups in total. The number of nitrogens with one attached hydrogen (secondary N) is 1. The van der Waals surface area contributed by atoms with Crippen molar-refractivity contribution in [3.05, 3.63) is 70.9 Å². The van der Waals surface area contributed by atoms with Crippen LogP contribution in [0, 0.1) is 5.92 Å². The van der Waals surface area contributed by atoms with E-state index in [2.05, 4.69) is 10.3 Å².